The molecule has 0 aliphatic carbocycles. The van der Waals surface area contributed by atoms with Crippen LogP contribution < -0.4 is 11.1 Å². The molecule has 3 N–H and O–H groups in total. The van der Waals surface area contributed by atoms with Crippen LogP contribution in [0.2, 0.25) is 0 Å². The van der Waals surface area contributed by atoms with E-state index in [-0.39, 0.29) is 13.0 Å². The number of amides is 1. The molecule has 0 unspecified atom stereocenters. The van der Waals surface area contributed by atoms with E-state index < -0.39 is 24.9 Å². The van der Waals surface area contributed by atoms with Gasteiger partial charge in [-0.15, -0.1) is 0 Å². The van der Waals surface area contributed by atoms with Gasteiger partial charge in [0.1, 0.15) is 0 Å². The number of halogens is 2. The number of benzene rings is 1. The zero-order valence-electron chi connectivity index (χ0n) is 10.6. The Morgan fingerprint density at radius 2 is 2.00 bits per heavy atom. The lowest BCUT2D eigenvalue weighted by Crippen LogP contribution is -2.41. The molecule has 0 saturated heterocycles. The normalized spacial score (nSPS) is 11.3. The molecule has 106 valence electrons. The highest BCUT2D eigenvalue weighted by Crippen LogP contribution is 2.08. The fourth-order valence-electron chi connectivity index (χ4n) is 1.32. The fourth-order valence-corrected chi connectivity index (χ4v) is 1.32. The predicted molar refractivity (Wildman–Crippen MR) is 67.7 cm³/mol. The van der Waals surface area contributed by atoms with Gasteiger partial charge >= 0.3 is 0 Å². The molecule has 19 heavy (non-hydrogen) atoms. The molecular weight excluding hydrogens is 254 g/mol. The van der Waals surface area contributed by atoms with Crippen LogP contribution >= 0.6 is 0 Å². The minimum absolute atomic E-state index is 0.0491. The third-order valence-electron chi connectivity index (χ3n) is 2.43. The second kappa shape index (κ2) is 7.81. The summed E-state index contributed by atoms with van der Waals surface area (Å²) in [5.74, 6) is -3.53. The van der Waals surface area contributed by atoms with E-state index in [1.54, 1.807) is 0 Å². The highest BCUT2D eigenvalue weighted by Gasteiger charge is 2.26. The molecule has 0 radical (unpaired) electrons. The van der Waals surface area contributed by atoms with Crippen molar-refractivity contribution >= 4 is 5.91 Å². The zero-order chi connectivity index (χ0) is 14.1. The SMILES string of the molecule is NCC(F)(F)CNC(=O)CCOCc1ccccc1. The van der Waals surface area contributed by atoms with E-state index >= 15 is 0 Å². The number of hydrogen-bond donors (Lipinski definition) is 2. The van der Waals surface area contributed by atoms with Crippen molar-refractivity contribution < 1.29 is 18.3 Å². The molecule has 0 aromatic heterocycles. The molecule has 0 aliphatic heterocycles. The summed E-state index contributed by atoms with van der Waals surface area (Å²) in [6.07, 6.45) is 0.0491. The Kier molecular flexibility index (Phi) is 6.38. The highest BCUT2D eigenvalue weighted by atomic mass is 19.3. The van der Waals surface area contributed by atoms with Gasteiger partial charge < -0.3 is 15.8 Å². The van der Waals surface area contributed by atoms with Crippen LogP contribution in [0.25, 0.3) is 0 Å². The molecular formula is C13H18F2N2O2. The fraction of sp³-hybridized carbons (Fsp3) is 0.462. The molecule has 1 aromatic carbocycles. The molecule has 0 fully saturated rings. The molecule has 1 rings (SSSR count). The van der Waals surface area contributed by atoms with Gasteiger partial charge in [0.25, 0.3) is 5.92 Å². The summed E-state index contributed by atoms with van der Waals surface area (Å²) in [5.41, 5.74) is 5.85. The molecule has 0 aliphatic rings. The van der Waals surface area contributed by atoms with Gasteiger partial charge in [-0.3, -0.25) is 4.79 Å². The number of rotatable bonds is 8. The van der Waals surface area contributed by atoms with Gasteiger partial charge in [-0.1, -0.05) is 30.3 Å². The maximum absolute atomic E-state index is 12.8. The Balaban J connectivity index is 2.11. The van der Waals surface area contributed by atoms with Gasteiger partial charge in [0.15, 0.2) is 0 Å². The summed E-state index contributed by atoms with van der Waals surface area (Å²) in [7, 11) is 0. The number of nitrogens with two attached hydrogens (primary N) is 1. The minimum atomic E-state index is -3.06. The number of carbonyl (C=O) groups excluding carboxylic acids is 1. The van der Waals surface area contributed by atoms with Gasteiger partial charge in [-0.25, -0.2) is 8.78 Å². The standard InChI is InChI=1S/C13H18F2N2O2/c14-13(15,9-16)10-17-12(18)6-7-19-8-11-4-2-1-3-5-11/h1-5H,6-10,16H2,(H,17,18). The maximum Gasteiger partial charge on any atom is 0.277 e. The first-order chi connectivity index (χ1) is 9.03. The summed E-state index contributed by atoms with van der Waals surface area (Å²) in [4.78, 5) is 11.3. The van der Waals surface area contributed by atoms with Crippen molar-refractivity contribution in [1.82, 2.24) is 5.32 Å². The average Bonchev–Trinajstić information content (AvgIpc) is 2.43. The Morgan fingerprint density at radius 1 is 1.32 bits per heavy atom. The lowest BCUT2D eigenvalue weighted by Gasteiger charge is -2.14. The van der Waals surface area contributed by atoms with Crippen LogP contribution in [0.3, 0.4) is 0 Å². The zero-order valence-corrected chi connectivity index (χ0v) is 10.6. The van der Waals surface area contributed by atoms with Gasteiger partial charge in [-0.2, -0.15) is 0 Å². The Labute approximate surface area is 110 Å². The van der Waals surface area contributed by atoms with Crippen LogP contribution in [-0.4, -0.2) is 31.5 Å². The lowest BCUT2D eigenvalue weighted by atomic mass is 10.2. The van der Waals surface area contributed by atoms with Gasteiger partial charge in [0, 0.05) is 6.42 Å². The topological polar surface area (TPSA) is 64.3 Å². The smallest absolute Gasteiger partial charge is 0.277 e. The van der Waals surface area contributed by atoms with Crippen molar-refractivity contribution in [1.29, 1.82) is 0 Å². The van der Waals surface area contributed by atoms with Crippen molar-refractivity contribution in [2.45, 2.75) is 19.0 Å². The number of ether oxygens (including phenoxy) is 1. The highest BCUT2D eigenvalue weighted by molar-refractivity contribution is 5.76. The third-order valence-corrected chi connectivity index (χ3v) is 2.43. The van der Waals surface area contributed by atoms with E-state index in [0.29, 0.717) is 6.61 Å². The lowest BCUT2D eigenvalue weighted by molar-refractivity contribution is -0.124. The number of hydrogen-bond acceptors (Lipinski definition) is 3. The summed E-state index contributed by atoms with van der Waals surface area (Å²) in [6, 6.07) is 9.49. The monoisotopic (exact) mass is 272 g/mol. The van der Waals surface area contributed by atoms with Crippen LogP contribution in [0.5, 0.6) is 0 Å². The molecule has 1 amide bonds. The number of carbonyl (C=O) groups is 1. The summed E-state index contributed by atoms with van der Waals surface area (Å²) >= 11 is 0. The Morgan fingerprint density at radius 3 is 2.63 bits per heavy atom. The van der Waals surface area contributed by atoms with Crippen molar-refractivity contribution in [3.63, 3.8) is 0 Å². The first kappa shape index (κ1) is 15.5. The van der Waals surface area contributed by atoms with Crippen LogP contribution in [0.4, 0.5) is 8.78 Å². The average molecular weight is 272 g/mol. The second-order valence-electron chi connectivity index (χ2n) is 4.12. The van der Waals surface area contributed by atoms with Crippen molar-refractivity contribution in [2.75, 3.05) is 19.7 Å². The van der Waals surface area contributed by atoms with Crippen molar-refractivity contribution in [3.05, 3.63) is 35.9 Å². The van der Waals surface area contributed by atoms with Gasteiger partial charge in [0.2, 0.25) is 5.91 Å². The van der Waals surface area contributed by atoms with Crippen LogP contribution in [0, 0.1) is 0 Å². The van der Waals surface area contributed by atoms with Crippen molar-refractivity contribution in [2.24, 2.45) is 5.73 Å². The van der Waals surface area contributed by atoms with Crippen LogP contribution in [-0.2, 0) is 16.1 Å². The molecule has 6 heteroatoms. The van der Waals surface area contributed by atoms with E-state index in [1.807, 2.05) is 30.3 Å². The molecule has 0 saturated carbocycles. The molecule has 0 atom stereocenters. The van der Waals surface area contributed by atoms with E-state index in [1.165, 1.54) is 0 Å². The molecule has 0 heterocycles. The molecule has 1 aromatic rings. The first-order valence-electron chi connectivity index (χ1n) is 6.00. The van der Waals surface area contributed by atoms with E-state index in [0.717, 1.165) is 5.56 Å². The minimum Gasteiger partial charge on any atom is -0.376 e. The predicted octanol–water partition coefficient (Wildman–Crippen LogP) is 1.30. The van der Waals surface area contributed by atoms with E-state index in [9.17, 15) is 13.6 Å². The first-order valence-corrected chi connectivity index (χ1v) is 6.00. The Hall–Kier alpha value is -1.53. The Bertz CT molecular complexity index is 385. The largest absolute Gasteiger partial charge is 0.376 e. The van der Waals surface area contributed by atoms with Gasteiger partial charge in [0.05, 0.1) is 26.3 Å². The second-order valence-corrected chi connectivity index (χ2v) is 4.12. The quantitative estimate of drug-likeness (QED) is 0.701. The van der Waals surface area contributed by atoms with Crippen LogP contribution in [0.15, 0.2) is 30.3 Å². The summed E-state index contributed by atoms with van der Waals surface area (Å²) < 4.78 is 30.8. The van der Waals surface area contributed by atoms with Crippen molar-refractivity contribution in [3.8, 4) is 0 Å². The summed E-state index contributed by atoms with van der Waals surface area (Å²) in [5, 5.41) is 2.12. The van der Waals surface area contributed by atoms with E-state index in [2.05, 4.69) is 5.32 Å². The maximum atomic E-state index is 12.8. The third kappa shape index (κ3) is 6.83. The van der Waals surface area contributed by atoms with E-state index in [4.69, 9.17) is 10.5 Å². The molecule has 4 nitrogen and oxygen atoms in total. The summed E-state index contributed by atoms with van der Waals surface area (Å²) in [6.45, 7) is -0.930. The van der Waals surface area contributed by atoms with Crippen LogP contribution in [0.1, 0.15) is 12.0 Å². The molecule has 0 spiro atoms. The number of nitrogens with one attached hydrogen (secondary N) is 1. The molecule has 0 bridgehead atoms. The number of alkyl halides is 2. The van der Waals surface area contributed by atoms with Gasteiger partial charge in [-0.05, 0) is 5.56 Å².